The summed E-state index contributed by atoms with van der Waals surface area (Å²) in [6, 6.07) is 7.48. The van der Waals surface area contributed by atoms with E-state index in [0.717, 1.165) is 24.2 Å². The first kappa shape index (κ1) is 17.1. The Morgan fingerprint density at radius 2 is 2.04 bits per heavy atom. The molecule has 5 heteroatoms. The second-order valence-corrected chi connectivity index (χ2v) is 5.48. The van der Waals surface area contributed by atoms with E-state index in [1.165, 1.54) is 0 Å². The van der Waals surface area contributed by atoms with E-state index in [0.29, 0.717) is 19.7 Å². The number of carbonyl (C=O) groups is 2. The average Bonchev–Trinajstić information content (AvgIpc) is 2.60. The van der Waals surface area contributed by atoms with Crippen LogP contribution in [0.5, 0.6) is 5.75 Å². The van der Waals surface area contributed by atoms with Gasteiger partial charge in [0.15, 0.2) is 0 Å². The zero-order valence-corrected chi connectivity index (χ0v) is 13.7. The standard InChI is InChI=1S/C18H23NO4/c1-3-23-18(21)15-5-4-12-19(13-15)17(20)11-8-14-6-9-16(22-2)10-7-14/h6-11,15H,3-5,12-13H2,1-2H3/b11-8+/t15-/m1/s1. The van der Waals surface area contributed by atoms with Gasteiger partial charge in [0.05, 0.1) is 19.6 Å². The van der Waals surface area contributed by atoms with E-state index in [-0.39, 0.29) is 17.8 Å². The van der Waals surface area contributed by atoms with Crippen LogP contribution in [0.4, 0.5) is 0 Å². The Morgan fingerprint density at radius 1 is 1.30 bits per heavy atom. The molecule has 1 aromatic carbocycles. The van der Waals surface area contributed by atoms with E-state index < -0.39 is 0 Å². The lowest BCUT2D eigenvalue weighted by Gasteiger charge is -2.30. The summed E-state index contributed by atoms with van der Waals surface area (Å²) in [5, 5.41) is 0. The molecule has 0 unspecified atom stereocenters. The Labute approximate surface area is 136 Å². The number of nitrogens with zero attached hydrogens (tertiary/aromatic N) is 1. The van der Waals surface area contributed by atoms with Gasteiger partial charge in [0.1, 0.15) is 5.75 Å². The minimum absolute atomic E-state index is 0.0742. The normalized spacial score (nSPS) is 18.0. The fourth-order valence-electron chi connectivity index (χ4n) is 2.62. The number of piperidine rings is 1. The summed E-state index contributed by atoms with van der Waals surface area (Å²) in [6.45, 7) is 3.29. The molecule has 0 saturated carbocycles. The topological polar surface area (TPSA) is 55.8 Å². The molecule has 1 amide bonds. The van der Waals surface area contributed by atoms with Crippen molar-refractivity contribution in [3.8, 4) is 5.75 Å². The van der Waals surface area contributed by atoms with Crippen molar-refractivity contribution in [2.24, 2.45) is 5.92 Å². The number of hydrogen-bond donors (Lipinski definition) is 0. The smallest absolute Gasteiger partial charge is 0.310 e. The van der Waals surface area contributed by atoms with Gasteiger partial charge < -0.3 is 14.4 Å². The van der Waals surface area contributed by atoms with Crippen LogP contribution >= 0.6 is 0 Å². The summed E-state index contributed by atoms with van der Waals surface area (Å²) >= 11 is 0. The molecule has 5 nitrogen and oxygen atoms in total. The quantitative estimate of drug-likeness (QED) is 0.618. The lowest BCUT2D eigenvalue weighted by Crippen LogP contribution is -2.42. The highest BCUT2D eigenvalue weighted by atomic mass is 16.5. The molecule has 1 saturated heterocycles. The maximum absolute atomic E-state index is 12.3. The molecule has 0 aliphatic carbocycles. The first-order valence-corrected chi connectivity index (χ1v) is 7.91. The lowest BCUT2D eigenvalue weighted by molar-refractivity contribution is -0.150. The van der Waals surface area contributed by atoms with Crippen LogP contribution < -0.4 is 4.74 Å². The SMILES string of the molecule is CCOC(=O)[C@@H]1CCCN(C(=O)/C=C/c2ccc(OC)cc2)C1. The number of methoxy groups -OCH3 is 1. The molecule has 0 spiro atoms. The maximum atomic E-state index is 12.3. The minimum atomic E-state index is -0.206. The van der Waals surface area contributed by atoms with Crippen LogP contribution in [0.3, 0.4) is 0 Å². The molecule has 124 valence electrons. The molecule has 0 aromatic heterocycles. The number of hydrogen-bond acceptors (Lipinski definition) is 4. The lowest BCUT2D eigenvalue weighted by atomic mass is 9.98. The van der Waals surface area contributed by atoms with Gasteiger partial charge in [-0.25, -0.2) is 0 Å². The molecular formula is C18H23NO4. The van der Waals surface area contributed by atoms with E-state index in [4.69, 9.17) is 9.47 Å². The van der Waals surface area contributed by atoms with E-state index in [1.54, 1.807) is 31.1 Å². The van der Waals surface area contributed by atoms with Crippen molar-refractivity contribution in [3.05, 3.63) is 35.9 Å². The Morgan fingerprint density at radius 3 is 2.70 bits per heavy atom. The van der Waals surface area contributed by atoms with Crippen LogP contribution in [0.15, 0.2) is 30.3 Å². The molecule has 1 atom stereocenters. The molecule has 1 heterocycles. The van der Waals surface area contributed by atoms with E-state index in [2.05, 4.69) is 0 Å². The van der Waals surface area contributed by atoms with E-state index in [1.807, 2.05) is 24.3 Å². The van der Waals surface area contributed by atoms with Crippen LogP contribution in [0.25, 0.3) is 6.08 Å². The Hall–Kier alpha value is -2.30. The number of likely N-dealkylation sites (tertiary alicyclic amines) is 1. The highest BCUT2D eigenvalue weighted by molar-refractivity contribution is 5.92. The van der Waals surface area contributed by atoms with Gasteiger partial charge >= 0.3 is 5.97 Å². The zero-order chi connectivity index (χ0) is 16.7. The molecule has 1 aliphatic heterocycles. The molecule has 0 N–H and O–H groups in total. The predicted molar refractivity (Wildman–Crippen MR) is 88.0 cm³/mol. The molecule has 0 radical (unpaired) electrons. The number of benzene rings is 1. The summed E-state index contributed by atoms with van der Waals surface area (Å²) in [5.74, 6) is 0.294. The van der Waals surface area contributed by atoms with Gasteiger partial charge in [-0.1, -0.05) is 12.1 Å². The number of carbonyl (C=O) groups excluding carboxylic acids is 2. The second kappa shape index (κ2) is 8.36. The van der Waals surface area contributed by atoms with Crippen LogP contribution in [0.2, 0.25) is 0 Å². The van der Waals surface area contributed by atoms with Crippen molar-refractivity contribution in [3.63, 3.8) is 0 Å². The number of esters is 1. The third-order valence-corrected chi connectivity index (χ3v) is 3.89. The first-order valence-electron chi connectivity index (χ1n) is 7.91. The van der Waals surface area contributed by atoms with Gasteiger partial charge in [-0.2, -0.15) is 0 Å². The Balaban J connectivity index is 1.93. The molecular weight excluding hydrogens is 294 g/mol. The number of amides is 1. The van der Waals surface area contributed by atoms with Gasteiger partial charge in [-0.05, 0) is 43.5 Å². The molecule has 1 aliphatic rings. The summed E-state index contributed by atoms with van der Waals surface area (Å²) in [4.78, 5) is 25.8. The third kappa shape index (κ3) is 4.84. The fourth-order valence-corrected chi connectivity index (χ4v) is 2.62. The third-order valence-electron chi connectivity index (χ3n) is 3.89. The summed E-state index contributed by atoms with van der Waals surface area (Å²) < 4.78 is 10.2. The largest absolute Gasteiger partial charge is 0.497 e. The highest BCUT2D eigenvalue weighted by Crippen LogP contribution is 2.19. The van der Waals surface area contributed by atoms with Crippen molar-refractivity contribution in [1.29, 1.82) is 0 Å². The number of rotatable bonds is 5. The van der Waals surface area contributed by atoms with Crippen molar-refractivity contribution in [2.75, 3.05) is 26.8 Å². The maximum Gasteiger partial charge on any atom is 0.310 e. The van der Waals surface area contributed by atoms with Gasteiger partial charge in [0.25, 0.3) is 0 Å². The summed E-state index contributed by atoms with van der Waals surface area (Å²) in [7, 11) is 1.62. The predicted octanol–water partition coefficient (Wildman–Crippen LogP) is 2.51. The molecule has 23 heavy (non-hydrogen) atoms. The van der Waals surface area contributed by atoms with Crippen LogP contribution in [0, 0.1) is 5.92 Å². The molecule has 1 aromatic rings. The van der Waals surface area contributed by atoms with Crippen LogP contribution in [-0.4, -0.2) is 43.6 Å². The zero-order valence-electron chi connectivity index (χ0n) is 13.7. The Bertz CT molecular complexity index is 565. The van der Waals surface area contributed by atoms with Crippen molar-refractivity contribution in [2.45, 2.75) is 19.8 Å². The van der Waals surface area contributed by atoms with Crippen LogP contribution in [0.1, 0.15) is 25.3 Å². The molecule has 0 bridgehead atoms. The second-order valence-electron chi connectivity index (χ2n) is 5.48. The highest BCUT2D eigenvalue weighted by Gasteiger charge is 2.28. The van der Waals surface area contributed by atoms with E-state index in [9.17, 15) is 9.59 Å². The molecule has 2 rings (SSSR count). The van der Waals surface area contributed by atoms with Gasteiger partial charge in [0.2, 0.25) is 5.91 Å². The summed E-state index contributed by atoms with van der Waals surface area (Å²) in [6.07, 6.45) is 4.93. The fraction of sp³-hybridized carbons (Fsp3) is 0.444. The number of ether oxygens (including phenoxy) is 2. The monoisotopic (exact) mass is 317 g/mol. The molecule has 1 fully saturated rings. The Kier molecular flexibility index (Phi) is 6.20. The first-order chi connectivity index (χ1) is 11.1. The summed E-state index contributed by atoms with van der Waals surface area (Å²) in [5.41, 5.74) is 0.929. The van der Waals surface area contributed by atoms with Crippen molar-refractivity contribution >= 4 is 18.0 Å². The van der Waals surface area contributed by atoms with Crippen molar-refractivity contribution < 1.29 is 19.1 Å². The van der Waals surface area contributed by atoms with E-state index >= 15 is 0 Å². The van der Waals surface area contributed by atoms with Gasteiger partial charge in [0, 0.05) is 19.2 Å². The average molecular weight is 317 g/mol. The van der Waals surface area contributed by atoms with Crippen molar-refractivity contribution in [1.82, 2.24) is 4.90 Å². The van der Waals surface area contributed by atoms with Crippen LogP contribution in [-0.2, 0) is 14.3 Å². The van der Waals surface area contributed by atoms with Gasteiger partial charge in [-0.15, -0.1) is 0 Å². The van der Waals surface area contributed by atoms with Gasteiger partial charge in [-0.3, -0.25) is 9.59 Å². The minimum Gasteiger partial charge on any atom is -0.497 e.